The van der Waals surface area contributed by atoms with Crippen molar-refractivity contribution in [2.75, 3.05) is 6.61 Å². The third-order valence-electron chi connectivity index (χ3n) is 5.99. The van der Waals surface area contributed by atoms with Crippen molar-refractivity contribution in [3.05, 3.63) is 0 Å². The van der Waals surface area contributed by atoms with Gasteiger partial charge in [0.15, 0.2) is 16.6 Å². The fraction of sp³-hybridized carbons (Fsp3) is 0.947. The van der Waals surface area contributed by atoms with Crippen molar-refractivity contribution in [1.29, 1.82) is 5.26 Å². The highest BCUT2D eigenvalue weighted by atomic mass is 28.4. The summed E-state index contributed by atoms with van der Waals surface area (Å²) >= 11 is 0. The molecule has 0 aromatic heterocycles. The lowest BCUT2D eigenvalue weighted by molar-refractivity contribution is 0.0713. The van der Waals surface area contributed by atoms with Crippen LogP contribution in [0, 0.1) is 16.7 Å². The van der Waals surface area contributed by atoms with Crippen molar-refractivity contribution in [3.8, 4) is 6.07 Å². The van der Waals surface area contributed by atoms with Gasteiger partial charge in [-0.15, -0.1) is 0 Å². The molecule has 0 saturated carbocycles. The standard InChI is InChI=1S/C19H41NO2Si2/c1-17(2,3)23(9,10)21-14-13-16(19(7,8)15-20)22-24(11,12)18(4,5)6/h16H,13-14H2,1-12H3/t16-/m0/s1. The second-order valence-corrected chi connectivity index (χ2v) is 20.2. The molecule has 1 atom stereocenters. The van der Waals surface area contributed by atoms with Gasteiger partial charge in [0.2, 0.25) is 0 Å². The Labute approximate surface area is 153 Å². The van der Waals surface area contributed by atoms with E-state index in [9.17, 15) is 5.26 Å². The van der Waals surface area contributed by atoms with Crippen LogP contribution in [0.15, 0.2) is 0 Å². The molecule has 0 aliphatic carbocycles. The predicted octanol–water partition coefficient (Wildman–Crippen LogP) is 6.34. The molecule has 0 aliphatic heterocycles. The Morgan fingerprint density at radius 1 is 0.833 bits per heavy atom. The third kappa shape index (κ3) is 6.29. The van der Waals surface area contributed by atoms with Crippen molar-refractivity contribution >= 4 is 16.6 Å². The van der Waals surface area contributed by atoms with Crippen LogP contribution in [0.5, 0.6) is 0 Å². The summed E-state index contributed by atoms with van der Waals surface area (Å²) in [5, 5.41) is 9.94. The van der Waals surface area contributed by atoms with Crippen LogP contribution < -0.4 is 0 Å². The minimum absolute atomic E-state index is 0.0897. The first kappa shape index (κ1) is 23.8. The minimum atomic E-state index is -1.92. The molecule has 0 N–H and O–H groups in total. The zero-order valence-electron chi connectivity index (χ0n) is 18.3. The summed E-state index contributed by atoms with van der Waals surface area (Å²) in [6.45, 7) is 27.1. The highest BCUT2D eigenvalue weighted by molar-refractivity contribution is 6.74. The van der Waals surface area contributed by atoms with Crippen molar-refractivity contribution in [2.45, 2.75) is 104 Å². The van der Waals surface area contributed by atoms with Gasteiger partial charge in [-0.05, 0) is 56.5 Å². The smallest absolute Gasteiger partial charge is 0.192 e. The van der Waals surface area contributed by atoms with Crippen molar-refractivity contribution in [2.24, 2.45) is 5.41 Å². The molecule has 0 rings (SSSR count). The largest absolute Gasteiger partial charge is 0.417 e. The zero-order valence-corrected chi connectivity index (χ0v) is 20.3. The Morgan fingerprint density at radius 3 is 1.58 bits per heavy atom. The quantitative estimate of drug-likeness (QED) is 0.490. The number of nitrogens with zero attached hydrogens (tertiary/aromatic N) is 1. The van der Waals surface area contributed by atoms with E-state index in [2.05, 4.69) is 73.8 Å². The van der Waals surface area contributed by atoms with Crippen LogP contribution in [-0.4, -0.2) is 29.3 Å². The van der Waals surface area contributed by atoms with Gasteiger partial charge in [-0.25, -0.2) is 0 Å². The van der Waals surface area contributed by atoms with Crippen molar-refractivity contribution in [3.63, 3.8) is 0 Å². The van der Waals surface area contributed by atoms with Gasteiger partial charge >= 0.3 is 0 Å². The van der Waals surface area contributed by atoms with Gasteiger partial charge in [0, 0.05) is 6.61 Å². The van der Waals surface area contributed by atoms with Crippen LogP contribution in [0.1, 0.15) is 61.8 Å². The normalized spacial score (nSPS) is 16.0. The molecule has 0 saturated heterocycles. The lowest BCUT2D eigenvalue weighted by Crippen LogP contribution is -2.48. The van der Waals surface area contributed by atoms with Gasteiger partial charge in [0.25, 0.3) is 0 Å². The zero-order chi connectivity index (χ0) is 19.6. The summed E-state index contributed by atoms with van der Waals surface area (Å²) < 4.78 is 12.9. The topological polar surface area (TPSA) is 42.2 Å². The predicted molar refractivity (Wildman–Crippen MR) is 109 cm³/mol. The minimum Gasteiger partial charge on any atom is -0.417 e. The highest BCUT2D eigenvalue weighted by Crippen LogP contribution is 2.41. The molecular weight excluding hydrogens is 330 g/mol. The molecular formula is C19H41NO2Si2. The Kier molecular flexibility index (Phi) is 7.56. The van der Waals surface area contributed by atoms with Gasteiger partial charge < -0.3 is 8.85 Å². The monoisotopic (exact) mass is 371 g/mol. The molecule has 0 amide bonds. The lowest BCUT2D eigenvalue weighted by atomic mass is 9.87. The van der Waals surface area contributed by atoms with Crippen LogP contribution in [0.4, 0.5) is 0 Å². The number of rotatable bonds is 7. The van der Waals surface area contributed by atoms with Gasteiger partial charge in [-0.1, -0.05) is 41.5 Å². The van der Waals surface area contributed by atoms with E-state index in [1.54, 1.807) is 0 Å². The van der Waals surface area contributed by atoms with E-state index in [1.165, 1.54) is 0 Å². The van der Waals surface area contributed by atoms with Crippen LogP contribution in [-0.2, 0) is 8.85 Å². The van der Waals surface area contributed by atoms with Crippen LogP contribution in [0.2, 0.25) is 36.3 Å². The van der Waals surface area contributed by atoms with Crippen molar-refractivity contribution < 1.29 is 8.85 Å². The van der Waals surface area contributed by atoms with E-state index in [1.807, 2.05) is 13.8 Å². The van der Waals surface area contributed by atoms with Crippen molar-refractivity contribution in [1.82, 2.24) is 0 Å². The second kappa shape index (κ2) is 7.61. The van der Waals surface area contributed by atoms with Gasteiger partial charge in [-0.2, -0.15) is 5.26 Å². The first-order valence-electron chi connectivity index (χ1n) is 9.10. The SMILES string of the molecule is CC(C)(C#N)[C@H](CCO[Si](C)(C)C(C)(C)C)O[Si](C)(C)C(C)(C)C. The van der Waals surface area contributed by atoms with E-state index in [0.717, 1.165) is 6.42 Å². The van der Waals surface area contributed by atoms with E-state index >= 15 is 0 Å². The Balaban J connectivity index is 5.14. The molecule has 0 spiro atoms. The van der Waals surface area contributed by atoms with Crippen LogP contribution in [0.3, 0.4) is 0 Å². The molecule has 0 fully saturated rings. The Hall–Kier alpha value is -0.156. The summed E-state index contributed by atoms with van der Waals surface area (Å²) in [4.78, 5) is 0. The molecule has 0 aliphatic rings. The molecule has 0 aromatic rings. The first-order valence-corrected chi connectivity index (χ1v) is 14.9. The average Bonchev–Trinajstić information content (AvgIpc) is 2.34. The maximum Gasteiger partial charge on any atom is 0.192 e. The van der Waals surface area contributed by atoms with E-state index in [0.29, 0.717) is 6.61 Å². The van der Waals surface area contributed by atoms with Gasteiger partial charge in [0.05, 0.1) is 17.6 Å². The summed E-state index contributed by atoms with van der Waals surface area (Å²) in [5.41, 5.74) is -0.508. The van der Waals surface area contributed by atoms with E-state index in [4.69, 9.17) is 8.85 Å². The second-order valence-electron chi connectivity index (χ2n) is 10.6. The van der Waals surface area contributed by atoms with E-state index in [-0.39, 0.29) is 16.2 Å². The number of nitriles is 1. The Bertz CT molecular complexity index is 451. The summed E-state index contributed by atoms with van der Waals surface area (Å²) in [7, 11) is -3.69. The Morgan fingerprint density at radius 2 is 1.25 bits per heavy atom. The number of hydrogen-bond donors (Lipinski definition) is 0. The van der Waals surface area contributed by atoms with Crippen LogP contribution in [0.25, 0.3) is 0 Å². The highest BCUT2D eigenvalue weighted by Gasteiger charge is 2.43. The molecule has 142 valence electrons. The molecule has 0 unspecified atom stereocenters. The van der Waals surface area contributed by atoms with Gasteiger partial charge in [-0.3, -0.25) is 0 Å². The molecule has 0 aromatic carbocycles. The molecule has 0 bridgehead atoms. The fourth-order valence-corrected chi connectivity index (χ4v) is 4.35. The van der Waals surface area contributed by atoms with E-state index < -0.39 is 22.0 Å². The summed E-state index contributed by atoms with van der Waals surface area (Å²) in [5.74, 6) is 0. The maximum atomic E-state index is 9.61. The average molecular weight is 372 g/mol. The fourth-order valence-electron chi connectivity index (χ4n) is 1.81. The maximum absolute atomic E-state index is 9.61. The summed E-state index contributed by atoms with van der Waals surface area (Å²) in [6.07, 6.45) is 0.688. The summed E-state index contributed by atoms with van der Waals surface area (Å²) in [6, 6.07) is 2.45. The molecule has 0 radical (unpaired) electrons. The number of hydrogen-bond acceptors (Lipinski definition) is 3. The third-order valence-corrected chi connectivity index (χ3v) is 15.0. The molecule has 5 heteroatoms. The van der Waals surface area contributed by atoms with Gasteiger partial charge in [0.1, 0.15) is 0 Å². The molecule has 0 heterocycles. The first-order chi connectivity index (χ1) is 10.4. The molecule has 3 nitrogen and oxygen atoms in total. The van der Waals surface area contributed by atoms with Crippen LogP contribution >= 0.6 is 0 Å². The molecule has 24 heavy (non-hydrogen) atoms. The lowest BCUT2D eigenvalue weighted by Gasteiger charge is -2.43.